The van der Waals surface area contributed by atoms with Crippen LogP contribution in [0, 0.1) is 0 Å². The molecule has 0 fully saturated rings. The van der Waals surface area contributed by atoms with E-state index in [1.807, 2.05) is 6.92 Å². The molecule has 126 valence electrons. The van der Waals surface area contributed by atoms with Crippen LogP contribution in [0.1, 0.15) is 23.0 Å². The largest absolute Gasteiger partial charge is 0.456 e. The predicted molar refractivity (Wildman–Crippen MR) is 91.7 cm³/mol. The first-order valence-electron chi connectivity index (χ1n) is 7.62. The van der Waals surface area contributed by atoms with Crippen molar-refractivity contribution < 1.29 is 9.53 Å². The van der Waals surface area contributed by atoms with Crippen molar-refractivity contribution in [2.24, 2.45) is 0 Å². The Hall–Kier alpha value is -3.07. The van der Waals surface area contributed by atoms with Gasteiger partial charge in [-0.05, 0) is 25.1 Å². The zero-order chi connectivity index (χ0) is 17.4. The number of benzene rings is 1. The van der Waals surface area contributed by atoms with E-state index in [-0.39, 0.29) is 12.2 Å². The first-order chi connectivity index (χ1) is 12.2. The molecule has 4 rings (SSSR count). The molecule has 0 aliphatic rings. The number of hydrogen-bond donors (Lipinski definition) is 0. The molecule has 0 spiro atoms. The molecule has 0 unspecified atom stereocenters. The maximum Gasteiger partial charge on any atom is 0.338 e. The number of aromatic nitrogens is 5. The van der Waals surface area contributed by atoms with Crippen molar-refractivity contribution in [3.05, 3.63) is 57.5 Å². The highest BCUT2D eigenvalue weighted by atomic mass is 32.1. The van der Waals surface area contributed by atoms with Crippen LogP contribution in [0.2, 0.25) is 0 Å². The molecule has 0 saturated heterocycles. The summed E-state index contributed by atoms with van der Waals surface area (Å²) >= 11 is 1.35. The minimum atomic E-state index is -0.499. The van der Waals surface area contributed by atoms with Gasteiger partial charge in [0.1, 0.15) is 12.1 Å². The Labute approximate surface area is 145 Å². The average Bonchev–Trinajstić information content (AvgIpc) is 3.25. The Morgan fingerprint density at radius 3 is 3.04 bits per heavy atom. The van der Waals surface area contributed by atoms with Crippen LogP contribution in [0.25, 0.3) is 16.0 Å². The fraction of sp³-hybridized carbons (Fsp3) is 0.188. The van der Waals surface area contributed by atoms with Crippen molar-refractivity contribution in [3.63, 3.8) is 0 Å². The van der Waals surface area contributed by atoms with Gasteiger partial charge < -0.3 is 4.74 Å². The Morgan fingerprint density at radius 2 is 2.20 bits per heavy atom. The minimum Gasteiger partial charge on any atom is -0.456 e. The third-order valence-corrected chi connectivity index (χ3v) is 4.51. The zero-order valence-corrected chi connectivity index (χ0v) is 14.1. The molecule has 3 aromatic heterocycles. The summed E-state index contributed by atoms with van der Waals surface area (Å²) in [4.78, 5) is 29.0. The number of rotatable bonds is 4. The summed E-state index contributed by atoms with van der Waals surface area (Å²) in [5.74, 6) is -0.499. The van der Waals surface area contributed by atoms with Gasteiger partial charge in [0.2, 0.25) is 0 Å². The standard InChI is InChI=1S/C16H13N5O3S/c1-2-21-13-4-3-10(7-12(13)18-19-21)15(23)24-9-11-8-14(22)20-5-6-25-16(20)17-11/h3-8H,2,9H2,1H3. The van der Waals surface area contributed by atoms with Crippen LogP contribution >= 0.6 is 11.3 Å². The lowest BCUT2D eigenvalue weighted by Crippen LogP contribution is -2.14. The molecule has 8 nitrogen and oxygen atoms in total. The van der Waals surface area contributed by atoms with E-state index in [0.29, 0.717) is 28.3 Å². The van der Waals surface area contributed by atoms with Gasteiger partial charge >= 0.3 is 5.97 Å². The maximum atomic E-state index is 12.3. The predicted octanol–water partition coefficient (Wildman–Crippen LogP) is 1.88. The fourth-order valence-electron chi connectivity index (χ4n) is 2.52. The molecule has 0 bridgehead atoms. The van der Waals surface area contributed by atoms with Gasteiger partial charge in [0, 0.05) is 24.2 Å². The number of aryl methyl sites for hydroxylation is 1. The van der Waals surface area contributed by atoms with Crippen molar-refractivity contribution in [3.8, 4) is 0 Å². The topological polar surface area (TPSA) is 91.4 Å². The zero-order valence-electron chi connectivity index (χ0n) is 13.2. The summed E-state index contributed by atoms with van der Waals surface area (Å²) in [5.41, 5.74) is 2.09. The second-order valence-electron chi connectivity index (χ2n) is 5.33. The molecule has 9 heteroatoms. The molecule has 4 aromatic rings. The van der Waals surface area contributed by atoms with Crippen molar-refractivity contribution in [1.82, 2.24) is 24.4 Å². The summed E-state index contributed by atoms with van der Waals surface area (Å²) < 4.78 is 8.47. The fourth-order valence-corrected chi connectivity index (χ4v) is 3.26. The number of fused-ring (bicyclic) bond motifs is 2. The van der Waals surface area contributed by atoms with Crippen LogP contribution in [0.15, 0.2) is 40.6 Å². The highest BCUT2D eigenvalue weighted by molar-refractivity contribution is 7.15. The number of carbonyl (C=O) groups is 1. The third-order valence-electron chi connectivity index (χ3n) is 3.76. The SMILES string of the molecule is CCn1nnc2cc(C(=O)OCc3cc(=O)n4ccsc4n3)ccc21. The first-order valence-corrected chi connectivity index (χ1v) is 8.50. The Balaban J connectivity index is 1.54. The van der Waals surface area contributed by atoms with Crippen LogP contribution in [-0.2, 0) is 17.9 Å². The lowest BCUT2D eigenvalue weighted by molar-refractivity contribution is 0.0468. The van der Waals surface area contributed by atoms with Crippen molar-refractivity contribution in [2.75, 3.05) is 0 Å². The Kier molecular flexibility index (Phi) is 3.77. The van der Waals surface area contributed by atoms with Crippen LogP contribution in [0.4, 0.5) is 0 Å². The summed E-state index contributed by atoms with van der Waals surface area (Å²) in [6.07, 6.45) is 1.66. The Bertz CT molecular complexity index is 1140. The smallest absolute Gasteiger partial charge is 0.338 e. The van der Waals surface area contributed by atoms with Crippen LogP contribution in [0.3, 0.4) is 0 Å². The molecule has 0 aliphatic carbocycles. The molecule has 0 atom stereocenters. The minimum absolute atomic E-state index is 0.0673. The number of carbonyl (C=O) groups excluding carboxylic acids is 1. The third kappa shape index (κ3) is 2.78. The number of nitrogens with zero attached hydrogens (tertiary/aromatic N) is 5. The average molecular weight is 355 g/mol. The molecule has 3 heterocycles. The second-order valence-corrected chi connectivity index (χ2v) is 6.20. The quantitative estimate of drug-likeness (QED) is 0.519. The molecular formula is C16H13N5O3S. The van der Waals surface area contributed by atoms with Crippen LogP contribution in [-0.4, -0.2) is 30.3 Å². The summed E-state index contributed by atoms with van der Waals surface area (Å²) in [5, 5.41) is 9.83. The van der Waals surface area contributed by atoms with Gasteiger partial charge in [0.05, 0.1) is 16.8 Å². The van der Waals surface area contributed by atoms with Gasteiger partial charge in [0.15, 0.2) is 4.96 Å². The van der Waals surface area contributed by atoms with E-state index in [9.17, 15) is 9.59 Å². The van der Waals surface area contributed by atoms with Gasteiger partial charge in [-0.1, -0.05) is 5.21 Å². The maximum absolute atomic E-state index is 12.3. The van der Waals surface area contributed by atoms with E-state index in [4.69, 9.17) is 4.74 Å². The lowest BCUT2D eigenvalue weighted by atomic mass is 10.2. The van der Waals surface area contributed by atoms with Crippen molar-refractivity contribution in [1.29, 1.82) is 0 Å². The number of ether oxygens (including phenoxy) is 1. The van der Waals surface area contributed by atoms with Gasteiger partial charge in [-0.25, -0.2) is 14.5 Å². The van der Waals surface area contributed by atoms with Gasteiger partial charge in [-0.2, -0.15) is 0 Å². The van der Waals surface area contributed by atoms with Gasteiger partial charge in [-0.15, -0.1) is 16.4 Å². The summed E-state index contributed by atoms with van der Waals surface area (Å²) in [7, 11) is 0. The molecular weight excluding hydrogens is 342 g/mol. The van der Waals surface area contributed by atoms with Crippen LogP contribution in [0.5, 0.6) is 0 Å². The highest BCUT2D eigenvalue weighted by Gasteiger charge is 2.12. The van der Waals surface area contributed by atoms with E-state index in [1.165, 1.54) is 21.8 Å². The molecule has 0 radical (unpaired) electrons. The summed E-state index contributed by atoms with van der Waals surface area (Å²) in [6.45, 7) is 2.60. The van der Waals surface area contributed by atoms with Crippen molar-refractivity contribution >= 4 is 33.3 Å². The van der Waals surface area contributed by atoms with Crippen LogP contribution < -0.4 is 5.56 Å². The van der Waals surface area contributed by atoms with Crippen molar-refractivity contribution in [2.45, 2.75) is 20.1 Å². The Morgan fingerprint density at radius 1 is 1.32 bits per heavy atom. The normalized spacial score (nSPS) is 11.2. The van der Waals surface area contributed by atoms with Gasteiger partial charge in [-0.3, -0.25) is 9.20 Å². The second kappa shape index (κ2) is 6.10. The molecule has 25 heavy (non-hydrogen) atoms. The summed E-state index contributed by atoms with van der Waals surface area (Å²) in [6, 6.07) is 6.47. The van der Waals surface area contributed by atoms with Gasteiger partial charge in [0.25, 0.3) is 5.56 Å². The number of hydrogen-bond acceptors (Lipinski definition) is 7. The van der Waals surface area contributed by atoms with E-state index in [2.05, 4.69) is 15.3 Å². The molecule has 1 aromatic carbocycles. The highest BCUT2D eigenvalue weighted by Crippen LogP contribution is 2.15. The van der Waals surface area contributed by atoms with E-state index >= 15 is 0 Å². The number of thiazole rings is 1. The lowest BCUT2D eigenvalue weighted by Gasteiger charge is -2.05. The molecule has 0 N–H and O–H groups in total. The monoisotopic (exact) mass is 355 g/mol. The molecule has 0 aliphatic heterocycles. The number of esters is 1. The molecule has 0 amide bonds. The van der Waals surface area contributed by atoms with E-state index in [0.717, 1.165) is 5.52 Å². The van der Waals surface area contributed by atoms with E-state index < -0.39 is 5.97 Å². The van der Waals surface area contributed by atoms with E-state index in [1.54, 1.807) is 34.5 Å². The molecule has 0 saturated carbocycles. The first kappa shape index (κ1) is 15.5.